The number of hydrogen-bond acceptors (Lipinski definition) is 5. The fourth-order valence-electron chi connectivity index (χ4n) is 0.774. The zero-order chi connectivity index (χ0) is 12.1. The van der Waals surface area contributed by atoms with Crippen molar-refractivity contribution in [1.29, 1.82) is 0 Å². The van der Waals surface area contributed by atoms with Gasteiger partial charge in [-0.2, -0.15) is 0 Å². The number of aliphatic hydroxyl groups is 1. The van der Waals surface area contributed by atoms with E-state index in [9.17, 15) is 9.90 Å². The Hall–Kier alpha value is -1.07. The summed E-state index contributed by atoms with van der Waals surface area (Å²) in [5.41, 5.74) is 5.06. The zero-order valence-electron chi connectivity index (χ0n) is 9.70. The van der Waals surface area contributed by atoms with Crippen LogP contribution in [0.3, 0.4) is 0 Å². The van der Waals surface area contributed by atoms with Crippen LogP contribution in [0.15, 0.2) is 11.8 Å². The molecule has 0 aliphatic carbocycles. The molecule has 0 aliphatic rings. The Morgan fingerprint density at radius 1 is 1.60 bits per heavy atom. The van der Waals surface area contributed by atoms with Gasteiger partial charge in [-0.1, -0.05) is 0 Å². The minimum absolute atomic E-state index is 0.0202. The van der Waals surface area contributed by atoms with Crippen LogP contribution in [-0.2, 0) is 9.53 Å². The lowest BCUT2D eigenvalue weighted by Gasteiger charge is -2.20. The van der Waals surface area contributed by atoms with E-state index in [1.807, 2.05) is 20.8 Å². The van der Waals surface area contributed by atoms with E-state index in [1.54, 1.807) is 6.92 Å². The van der Waals surface area contributed by atoms with E-state index in [2.05, 4.69) is 5.32 Å². The van der Waals surface area contributed by atoms with Crippen molar-refractivity contribution in [2.75, 3.05) is 6.61 Å². The Labute approximate surface area is 90.3 Å². The molecule has 5 nitrogen and oxygen atoms in total. The van der Waals surface area contributed by atoms with Gasteiger partial charge in [0.15, 0.2) is 0 Å². The van der Waals surface area contributed by atoms with Crippen LogP contribution >= 0.6 is 0 Å². The summed E-state index contributed by atoms with van der Waals surface area (Å²) in [6.07, 6.45) is 0.0572. The summed E-state index contributed by atoms with van der Waals surface area (Å²) in [5, 5.41) is 12.1. The Morgan fingerprint density at radius 2 is 2.13 bits per heavy atom. The van der Waals surface area contributed by atoms with Gasteiger partial charge in [-0.15, -0.1) is 0 Å². The highest BCUT2D eigenvalue weighted by molar-refractivity contribution is 5.89. The maximum absolute atomic E-state index is 11.3. The maximum Gasteiger partial charge on any atom is 0.339 e. The molecule has 1 atom stereocenters. The molecule has 0 saturated carbocycles. The van der Waals surface area contributed by atoms with Crippen LogP contribution in [0, 0.1) is 0 Å². The van der Waals surface area contributed by atoms with Crippen LogP contribution in [0.25, 0.3) is 0 Å². The van der Waals surface area contributed by atoms with Crippen LogP contribution in [-0.4, -0.2) is 29.4 Å². The monoisotopic (exact) mass is 216 g/mol. The third kappa shape index (κ3) is 6.09. The average molecular weight is 216 g/mol. The Bertz CT molecular complexity index is 242. The third-order valence-electron chi connectivity index (χ3n) is 1.49. The number of nitrogens with one attached hydrogen (secondary N) is 1. The lowest BCUT2D eigenvalue weighted by Crippen LogP contribution is -2.35. The first-order valence-corrected chi connectivity index (χ1v) is 4.86. The van der Waals surface area contributed by atoms with Crippen molar-refractivity contribution in [1.82, 2.24) is 5.32 Å². The number of carbonyl (C=O) groups excluding carboxylic acids is 1. The second kappa shape index (κ2) is 5.72. The fraction of sp³-hybridized carbons (Fsp3) is 0.700. The van der Waals surface area contributed by atoms with Crippen molar-refractivity contribution >= 4 is 5.97 Å². The summed E-state index contributed by atoms with van der Waals surface area (Å²) in [4.78, 5) is 11.3. The van der Waals surface area contributed by atoms with Crippen molar-refractivity contribution in [3.8, 4) is 0 Å². The molecule has 0 radical (unpaired) electrons. The summed E-state index contributed by atoms with van der Waals surface area (Å²) in [5.74, 6) is -0.607. The van der Waals surface area contributed by atoms with E-state index >= 15 is 0 Å². The number of rotatable bonds is 4. The molecule has 15 heavy (non-hydrogen) atoms. The first-order chi connectivity index (χ1) is 6.78. The number of esters is 1. The van der Waals surface area contributed by atoms with E-state index in [1.165, 1.54) is 6.20 Å². The standard InChI is InChI=1S/C10H20N2O3/c1-5-15-9(14)7(8(11)13)6-12-10(2,3)4/h6,8,12-13H,5,11H2,1-4H3/b7-6+. The van der Waals surface area contributed by atoms with Gasteiger partial charge in [0.1, 0.15) is 6.23 Å². The van der Waals surface area contributed by atoms with Gasteiger partial charge in [-0.25, -0.2) is 4.79 Å². The van der Waals surface area contributed by atoms with Gasteiger partial charge >= 0.3 is 5.97 Å². The zero-order valence-corrected chi connectivity index (χ0v) is 9.70. The summed E-state index contributed by atoms with van der Waals surface area (Å²) < 4.78 is 4.74. The fourth-order valence-corrected chi connectivity index (χ4v) is 0.774. The summed E-state index contributed by atoms with van der Waals surface area (Å²) >= 11 is 0. The number of ether oxygens (including phenoxy) is 1. The molecule has 0 rings (SSSR count). The van der Waals surface area contributed by atoms with E-state index < -0.39 is 12.2 Å². The van der Waals surface area contributed by atoms with Gasteiger partial charge in [-0.3, -0.25) is 0 Å². The van der Waals surface area contributed by atoms with Crippen LogP contribution in [0.5, 0.6) is 0 Å². The quantitative estimate of drug-likeness (QED) is 0.352. The van der Waals surface area contributed by atoms with Gasteiger partial charge in [-0.05, 0) is 27.7 Å². The molecule has 0 aliphatic heterocycles. The SMILES string of the molecule is CCOC(=O)/C(=C/NC(C)(C)C)C(N)O. The highest BCUT2D eigenvalue weighted by Gasteiger charge is 2.17. The second-order valence-corrected chi connectivity index (χ2v) is 4.16. The van der Waals surface area contributed by atoms with Gasteiger partial charge in [0.25, 0.3) is 0 Å². The molecule has 5 heteroatoms. The lowest BCUT2D eigenvalue weighted by atomic mass is 10.1. The topological polar surface area (TPSA) is 84.6 Å². The molecule has 0 spiro atoms. The molecule has 0 aromatic carbocycles. The molecule has 4 N–H and O–H groups in total. The molecule has 0 amide bonds. The molecular formula is C10H20N2O3. The normalized spacial score (nSPS) is 14.7. The van der Waals surface area contributed by atoms with Crippen molar-refractivity contribution in [3.63, 3.8) is 0 Å². The minimum atomic E-state index is -1.33. The van der Waals surface area contributed by atoms with Crippen molar-refractivity contribution in [2.24, 2.45) is 5.73 Å². The second-order valence-electron chi connectivity index (χ2n) is 4.16. The Morgan fingerprint density at radius 3 is 2.47 bits per heavy atom. The summed E-state index contributed by atoms with van der Waals surface area (Å²) in [6.45, 7) is 7.72. The van der Waals surface area contributed by atoms with E-state index in [0.717, 1.165) is 0 Å². The highest BCUT2D eigenvalue weighted by Crippen LogP contribution is 2.04. The molecule has 0 bridgehead atoms. The van der Waals surface area contributed by atoms with E-state index in [0.29, 0.717) is 0 Å². The third-order valence-corrected chi connectivity index (χ3v) is 1.49. The van der Waals surface area contributed by atoms with Crippen molar-refractivity contribution in [3.05, 3.63) is 11.8 Å². The Balaban J connectivity index is 4.59. The summed E-state index contributed by atoms with van der Waals surface area (Å²) in [7, 11) is 0. The van der Waals surface area contributed by atoms with Crippen molar-refractivity contribution in [2.45, 2.75) is 39.5 Å². The van der Waals surface area contributed by atoms with Crippen LogP contribution in [0.1, 0.15) is 27.7 Å². The molecular weight excluding hydrogens is 196 g/mol. The predicted molar refractivity (Wildman–Crippen MR) is 57.8 cm³/mol. The van der Waals surface area contributed by atoms with E-state index in [-0.39, 0.29) is 17.7 Å². The van der Waals surface area contributed by atoms with Gasteiger partial charge < -0.3 is 20.9 Å². The lowest BCUT2D eigenvalue weighted by molar-refractivity contribution is -0.139. The number of hydrogen-bond donors (Lipinski definition) is 3. The largest absolute Gasteiger partial charge is 0.462 e. The van der Waals surface area contributed by atoms with Crippen LogP contribution in [0.4, 0.5) is 0 Å². The maximum atomic E-state index is 11.3. The summed E-state index contributed by atoms with van der Waals surface area (Å²) in [6, 6.07) is 0. The molecule has 0 heterocycles. The van der Waals surface area contributed by atoms with Gasteiger partial charge in [0, 0.05) is 11.7 Å². The first-order valence-electron chi connectivity index (χ1n) is 4.86. The predicted octanol–water partition coefficient (Wildman–Crippen LogP) is 0.0986. The molecule has 0 aromatic rings. The smallest absolute Gasteiger partial charge is 0.339 e. The molecule has 0 fully saturated rings. The van der Waals surface area contributed by atoms with Gasteiger partial charge in [0.2, 0.25) is 0 Å². The van der Waals surface area contributed by atoms with Crippen LogP contribution in [0.2, 0.25) is 0 Å². The molecule has 0 saturated heterocycles. The number of nitrogens with two attached hydrogens (primary N) is 1. The van der Waals surface area contributed by atoms with Gasteiger partial charge in [0.05, 0.1) is 12.2 Å². The van der Waals surface area contributed by atoms with Crippen LogP contribution < -0.4 is 11.1 Å². The van der Waals surface area contributed by atoms with E-state index in [4.69, 9.17) is 10.5 Å². The first kappa shape index (κ1) is 13.9. The van der Waals surface area contributed by atoms with Crippen molar-refractivity contribution < 1.29 is 14.6 Å². The minimum Gasteiger partial charge on any atom is -0.462 e. The molecule has 1 unspecified atom stereocenters. The molecule has 0 aromatic heterocycles. The average Bonchev–Trinajstić information content (AvgIpc) is 2.01. The Kier molecular flexibility index (Phi) is 5.32. The molecule has 88 valence electrons. The number of carbonyl (C=O) groups is 1. The number of aliphatic hydroxyl groups excluding tert-OH is 1. The highest BCUT2D eigenvalue weighted by atomic mass is 16.5.